The van der Waals surface area contributed by atoms with E-state index in [-0.39, 0.29) is 12.3 Å². The molecule has 0 bridgehead atoms. The van der Waals surface area contributed by atoms with Gasteiger partial charge in [-0.15, -0.1) is 0 Å². The van der Waals surface area contributed by atoms with E-state index in [1.54, 1.807) is 24.3 Å². The monoisotopic (exact) mass is 303 g/mol. The average Bonchev–Trinajstić information content (AvgIpc) is 2.38. The van der Waals surface area contributed by atoms with Gasteiger partial charge in [-0.2, -0.15) is 0 Å². The molecule has 0 fully saturated rings. The van der Waals surface area contributed by atoms with Crippen LogP contribution in [0.3, 0.4) is 0 Å². The molecule has 3 N–H and O–H groups in total. The number of carbonyl (C=O) groups is 1. The van der Waals surface area contributed by atoms with Crippen molar-refractivity contribution >= 4 is 34.6 Å². The number of rotatable bonds is 4. The summed E-state index contributed by atoms with van der Waals surface area (Å²) in [6.45, 7) is 0. The maximum atomic E-state index is 12.2. The third-order valence-corrected chi connectivity index (χ3v) is 3.27. The van der Waals surface area contributed by atoms with Crippen molar-refractivity contribution in [3.8, 4) is 0 Å². The smallest absolute Gasteiger partial charge is 0.228 e. The first-order chi connectivity index (χ1) is 9.95. The van der Waals surface area contributed by atoms with Gasteiger partial charge >= 0.3 is 0 Å². The normalized spacial score (nSPS) is 10.2. The van der Waals surface area contributed by atoms with Crippen molar-refractivity contribution in [2.75, 3.05) is 30.0 Å². The predicted molar refractivity (Wildman–Crippen MR) is 89.0 cm³/mol. The van der Waals surface area contributed by atoms with E-state index in [1.165, 1.54) is 0 Å². The maximum Gasteiger partial charge on any atom is 0.228 e. The number of carbonyl (C=O) groups excluding carboxylic acids is 1. The van der Waals surface area contributed by atoms with Crippen molar-refractivity contribution < 1.29 is 4.79 Å². The van der Waals surface area contributed by atoms with Crippen LogP contribution in [0.4, 0.5) is 17.1 Å². The summed E-state index contributed by atoms with van der Waals surface area (Å²) in [6, 6.07) is 12.7. The quantitative estimate of drug-likeness (QED) is 0.853. The number of halogens is 1. The molecule has 2 aromatic rings. The van der Waals surface area contributed by atoms with Crippen LogP contribution in [0, 0.1) is 0 Å². The molecule has 2 rings (SSSR count). The first kappa shape index (κ1) is 15.2. The SMILES string of the molecule is CN(C)c1ccc(Cl)cc1NC(=O)Cc1cccc(N)c1. The van der Waals surface area contributed by atoms with Crippen LogP contribution in [0.1, 0.15) is 5.56 Å². The van der Waals surface area contributed by atoms with Crippen LogP contribution in [-0.2, 0) is 11.2 Å². The fourth-order valence-corrected chi connectivity index (χ4v) is 2.25. The van der Waals surface area contributed by atoms with Crippen molar-refractivity contribution in [2.24, 2.45) is 0 Å². The Bertz CT molecular complexity index is 656. The fourth-order valence-electron chi connectivity index (χ4n) is 2.08. The highest BCUT2D eigenvalue weighted by Gasteiger charge is 2.10. The van der Waals surface area contributed by atoms with Gasteiger partial charge in [0.1, 0.15) is 0 Å². The highest BCUT2D eigenvalue weighted by molar-refractivity contribution is 6.31. The highest BCUT2D eigenvalue weighted by atomic mass is 35.5. The zero-order valence-electron chi connectivity index (χ0n) is 12.1. The number of amides is 1. The molecule has 0 saturated heterocycles. The Kier molecular flexibility index (Phi) is 4.70. The Balaban J connectivity index is 2.14. The molecule has 0 unspecified atom stereocenters. The first-order valence-electron chi connectivity index (χ1n) is 6.57. The fraction of sp³-hybridized carbons (Fsp3) is 0.188. The topological polar surface area (TPSA) is 58.4 Å². The Labute approximate surface area is 129 Å². The summed E-state index contributed by atoms with van der Waals surface area (Å²) in [6.07, 6.45) is 0.268. The zero-order valence-corrected chi connectivity index (χ0v) is 12.8. The van der Waals surface area contributed by atoms with Gasteiger partial charge in [0.15, 0.2) is 0 Å². The lowest BCUT2D eigenvalue weighted by Crippen LogP contribution is -2.18. The second-order valence-electron chi connectivity index (χ2n) is 5.03. The maximum absolute atomic E-state index is 12.2. The summed E-state index contributed by atoms with van der Waals surface area (Å²) in [5.74, 6) is -0.106. The van der Waals surface area contributed by atoms with Gasteiger partial charge in [0, 0.05) is 24.8 Å². The number of nitrogens with two attached hydrogens (primary N) is 1. The number of hydrogen-bond donors (Lipinski definition) is 2. The molecule has 0 spiro atoms. The van der Waals surface area contributed by atoms with Crippen molar-refractivity contribution in [1.82, 2.24) is 0 Å². The van der Waals surface area contributed by atoms with Gasteiger partial charge in [-0.3, -0.25) is 4.79 Å². The number of nitrogens with one attached hydrogen (secondary N) is 1. The van der Waals surface area contributed by atoms with Gasteiger partial charge in [0.25, 0.3) is 0 Å². The van der Waals surface area contributed by atoms with E-state index in [1.807, 2.05) is 37.2 Å². The second-order valence-corrected chi connectivity index (χ2v) is 5.46. The van der Waals surface area contributed by atoms with Crippen LogP contribution in [-0.4, -0.2) is 20.0 Å². The standard InChI is InChI=1S/C16H18ClN3O/c1-20(2)15-7-6-12(17)10-14(15)19-16(21)9-11-4-3-5-13(18)8-11/h3-8,10H,9,18H2,1-2H3,(H,19,21). The Hall–Kier alpha value is -2.20. The summed E-state index contributed by atoms with van der Waals surface area (Å²) in [5, 5.41) is 3.48. The lowest BCUT2D eigenvalue weighted by molar-refractivity contribution is -0.115. The molecule has 0 aliphatic rings. The van der Waals surface area contributed by atoms with Gasteiger partial charge in [-0.25, -0.2) is 0 Å². The van der Waals surface area contributed by atoms with E-state index in [9.17, 15) is 4.79 Å². The Morgan fingerprint density at radius 1 is 1.24 bits per heavy atom. The minimum atomic E-state index is -0.106. The molecule has 110 valence electrons. The second kappa shape index (κ2) is 6.50. The molecule has 0 heterocycles. The Morgan fingerprint density at radius 3 is 2.67 bits per heavy atom. The van der Waals surface area contributed by atoms with Crippen molar-refractivity contribution in [3.05, 3.63) is 53.1 Å². The third-order valence-electron chi connectivity index (χ3n) is 3.03. The minimum Gasteiger partial charge on any atom is -0.399 e. The van der Waals surface area contributed by atoms with E-state index in [4.69, 9.17) is 17.3 Å². The van der Waals surface area contributed by atoms with E-state index in [0.29, 0.717) is 16.4 Å². The van der Waals surface area contributed by atoms with Gasteiger partial charge in [-0.05, 0) is 35.9 Å². The lowest BCUT2D eigenvalue weighted by atomic mass is 10.1. The molecule has 1 amide bonds. The van der Waals surface area contributed by atoms with E-state index >= 15 is 0 Å². The predicted octanol–water partition coefficient (Wildman–Crippen LogP) is 3.17. The minimum absolute atomic E-state index is 0.106. The van der Waals surface area contributed by atoms with Gasteiger partial charge in [0.2, 0.25) is 5.91 Å². The van der Waals surface area contributed by atoms with Crippen LogP contribution < -0.4 is 16.0 Å². The summed E-state index contributed by atoms with van der Waals surface area (Å²) >= 11 is 6.00. The molecular formula is C16H18ClN3O. The summed E-state index contributed by atoms with van der Waals surface area (Å²) in [5.41, 5.74) is 8.84. The molecule has 0 saturated carbocycles. The Morgan fingerprint density at radius 2 is 2.00 bits per heavy atom. The molecule has 21 heavy (non-hydrogen) atoms. The zero-order chi connectivity index (χ0) is 15.4. The van der Waals surface area contributed by atoms with Crippen LogP contribution in [0.2, 0.25) is 5.02 Å². The summed E-state index contributed by atoms with van der Waals surface area (Å²) in [7, 11) is 3.83. The van der Waals surface area contributed by atoms with Crippen molar-refractivity contribution in [1.29, 1.82) is 0 Å². The number of benzene rings is 2. The van der Waals surface area contributed by atoms with Crippen LogP contribution >= 0.6 is 11.6 Å². The number of anilines is 3. The first-order valence-corrected chi connectivity index (χ1v) is 6.94. The van der Waals surface area contributed by atoms with E-state index in [2.05, 4.69) is 5.32 Å². The van der Waals surface area contributed by atoms with Crippen LogP contribution in [0.15, 0.2) is 42.5 Å². The van der Waals surface area contributed by atoms with Crippen LogP contribution in [0.5, 0.6) is 0 Å². The van der Waals surface area contributed by atoms with Crippen molar-refractivity contribution in [2.45, 2.75) is 6.42 Å². The molecule has 0 radical (unpaired) electrons. The molecule has 0 aliphatic heterocycles. The number of hydrogen-bond acceptors (Lipinski definition) is 3. The number of nitrogen functional groups attached to an aromatic ring is 1. The number of nitrogens with zero attached hydrogens (tertiary/aromatic N) is 1. The molecule has 0 aliphatic carbocycles. The average molecular weight is 304 g/mol. The molecule has 4 nitrogen and oxygen atoms in total. The van der Waals surface area contributed by atoms with E-state index < -0.39 is 0 Å². The largest absolute Gasteiger partial charge is 0.399 e. The molecule has 2 aromatic carbocycles. The highest BCUT2D eigenvalue weighted by Crippen LogP contribution is 2.27. The van der Waals surface area contributed by atoms with Gasteiger partial charge in [0.05, 0.1) is 17.8 Å². The lowest BCUT2D eigenvalue weighted by Gasteiger charge is -2.18. The third kappa shape index (κ3) is 4.13. The molecular weight excluding hydrogens is 286 g/mol. The molecule has 0 atom stereocenters. The summed E-state index contributed by atoms with van der Waals surface area (Å²) < 4.78 is 0. The molecule has 0 aromatic heterocycles. The summed E-state index contributed by atoms with van der Waals surface area (Å²) in [4.78, 5) is 14.1. The van der Waals surface area contributed by atoms with Gasteiger partial charge < -0.3 is 16.0 Å². The van der Waals surface area contributed by atoms with E-state index in [0.717, 1.165) is 11.3 Å². The van der Waals surface area contributed by atoms with Crippen LogP contribution in [0.25, 0.3) is 0 Å². The molecule has 5 heteroatoms. The van der Waals surface area contributed by atoms with Crippen molar-refractivity contribution in [3.63, 3.8) is 0 Å². The van der Waals surface area contributed by atoms with Gasteiger partial charge in [-0.1, -0.05) is 23.7 Å².